The minimum Gasteiger partial charge on any atom is -0.457 e. The molecule has 0 bridgehead atoms. The van der Waals surface area contributed by atoms with Gasteiger partial charge >= 0.3 is 0 Å². The van der Waals surface area contributed by atoms with Gasteiger partial charge in [0.25, 0.3) is 0 Å². The van der Waals surface area contributed by atoms with Gasteiger partial charge in [-0.2, -0.15) is 4.80 Å². The van der Waals surface area contributed by atoms with Crippen molar-refractivity contribution in [1.29, 1.82) is 0 Å². The fourth-order valence-electron chi connectivity index (χ4n) is 3.79. The highest BCUT2D eigenvalue weighted by atomic mass is 35.5. The van der Waals surface area contributed by atoms with Crippen LogP contribution < -0.4 is 10.6 Å². The maximum absolute atomic E-state index is 12.4. The molecule has 0 unspecified atom stereocenters. The third kappa shape index (κ3) is 5.82. The van der Waals surface area contributed by atoms with Crippen LogP contribution in [0.1, 0.15) is 23.8 Å². The average molecular weight is 542 g/mol. The van der Waals surface area contributed by atoms with E-state index in [1.165, 1.54) is 11.6 Å². The van der Waals surface area contributed by atoms with E-state index in [2.05, 4.69) is 39.9 Å². The Hall–Kier alpha value is -4.27. The van der Waals surface area contributed by atoms with E-state index in [0.29, 0.717) is 27.7 Å². The first kappa shape index (κ1) is 25.4. The van der Waals surface area contributed by atoms with Gasteiger partial charge in [-0.3, -0.25) is 10.1 Å². The zero-order chi connectivity index (χ0) is 26.6. The summed E-state index contributed by atoms with van der Waals surface area (Å²) in [4.78, 5) is 14.0. The van der Waals surface area contributed by atoms with Gasteiger partial charge in [0.2, 0.25) is 5.91 Å². The molecular formula is C29H24ClN5O2S. The number of anilines is 1. The fourth-order valence-corrected chi connectivity index (χ4v) is 4.19. The van der Waals surface area contributed by atoms with Gasteiger partial charge in [0.15, 0.2) is 5.11 Å². The summed E-state index contributed by atoms with van der Waals surface area (Å²) in [6, 6.07) is 23.0. The number of benzene rings is 3. The van der Waals surface area contributed by atoms with E-state index in [9.17, 15) is 4.79 Å². The van der Waals surface area contributed by atoms with Crippen LogP contribution >= 0.6 is 23.8 Å². The number of hydrogen-bond donors (Lipinski definition) is 2. The minimum atomic E-state index is -0.388. The summed E-state index contributed by atoms with van der Waals surface area (Å²) >= 11 is 11.5. The van der Waals surface area contributed by atoms with E-state index in [1.807, 2.05) is 61.5 Å². The lowest BCUT2D eigenvalue weighted by molar-refractivity contribution is -0.115. The number of thiocarbonyl (C=S) groups is 1. The number of aryl methyl sites for hydroxylation is 2. The molecule has 0 spiro atoms. The first-order valence-corrected chi connectivity index (χ1v) is 12.8. The predicted molar refractivity (Wildman–Crippen MR) is 156 cm³/mol. The van der Waals surface area contributed by atoms with Gasteiger partial charge in [0.1, 0.15) is 22.6 Å². The van der Waals surface area contributed by atoms with Crippen molar-refractivity contribution < 1.29 is 9.21 Å². The van der Waals surface area contributed by atoms with Crippen molar-refractivity contribution >= 4 is 57.6 Å². The molecule has 38 heavy (non-hydrogen) atoms. The topological polar surface area (TPSA) is 85.0 Å². The average Bonchev–Trinajstić information content (AvgIpc) is 3.56. The van der Waals surface area contributed by atoms with E-state index in [4.69, 9.17) is 28.2 Å². The SMILES string of the molecule is CCc1ccc(-n2nc3ccc(NC(=S)NC(=O)/C=C/c4ccc(-c5ccc(C)c(Cl)c5)o4)cc3n2)cc1. The summed E-state index contributed by atoms with van der Waals surface area (Å²) in [7, 11) is 0. The molecule has 5 rings (SSSR count). The van der Waals surface area contributed by atoms with Crippen LogP contribution in [-0.2, 0) is 11.2 Å². The van der Waals surface area contributed by atoms with E-state index < -0.39 is 0 Å². The normalized spacial score (nSPS) is 11.2. The summed E-state index contributed by atoms with van der Waals surface area (Å²) in [6.07, 6.45) is 3.91. The Labute approximate surface area is 230 Å². The van der Waals surface area contributed by atoms with Crippen molar-refractivity contribution in [3.05, 3.63) is 101 Å². The summed E-state index contributed by atoms with van der Waals surface area (Å²) in [5.74, 6) is 0.805. The van der Waals surface area contributed by atoms with Crippen LogP contribution in [0, 0.1) is 6.92 Å². The third-order valence-corrected chi connectivity index (χ3v) is 6.54. The number of nitrogens with one attached hydrogen (secondary N) is 2. The molecule has 3 aromatic carbocycles. The largest absolute Gasteiger partial charge is 0.457 e. The summed E-state index contributed by atoms with van der Waals surface area (Å²) in [5.41, 5.74) is 6.13. The Morgan fingerprint density at radius 2 is 1.82 bits per heavy atom. The van der Waals surface area contributed by atoms with Crippen molar-refractivity contribution in [2.75, 3.05) is 5.32 Å². The number of rotatable bonds is 6. The van der Waals surface area contributed by atoms with Gasteiger partial charge < -0.3 is 9.73 Å². The molecule has 0 aliphatic heterocycles. The molecule has 9 heteroatoms. The van der Waals surface area contributed by atoms with Crippen molar-refractivity contribution in [2.45, 2.75) is 20.3 Å². The number of nitrogens with zero attached hydrogens (tertiary/aromatic N) is 3. The minimum absolute atomic E-state index is 0.163. The molecule has 0 aliphatic rings. The monoisotopic (exact) mass is 541 g/mol. The number of carbonyl (C=O) groups excluding carboxylic acids is 1. The number of furan rings is 1. The second-order valence-electron chi connectivity index (χ2n) is 8.66. The maximum atomic E-state index is 12.4. The van der Waals surface area contributed by atoms with Crippen molar-refractivity contribution in [3.8, 4) is 17.0 Å². The number of carbonyl (C=O) groups is 1. The Kier molecular flexibility index (Phi) is 7.35. The third-order valence-electron chi connectivity index (χ3n) is 5.93. The van der Waals surface area contributed by atoms with Crippen LogP contribution in [0.15, 0.2) is 83.3 Å². The van der Waals surface area contributed by atoms with Crippen LogP contribution in [0.3, 0.4) is 0 Å². The highest BCUT2D eigenvalue weighted by molar-refractivity contribution is 7.80. The van der Waals surface area contributed by atoms with Crippen LogP contribution in [0.4, 0.5) is 5.69 Å². The van der Waals surface area contributed by atoms with Gasteiger partial charge in [0.05, 0.1) is 5.69 Å². The van der Waals surface area contributed by atoms with Gasteiger partial charge in [-0.15, -0.1) is 10.2 Å². The second-order valence-corrected chi connectivity index (χ2v) is 9.47. The number of aromatic nitrogens is 3. The maximum Gasteiger partial charge on any atom is 0.250 e. The lowest BCUT2D eigenvalue weighted by Gasteiger charge is -2.07. The number of fused-ring (bicyclic) bond motifs is 1. The predicted octanol–water partition coefficient (Wildman–Crippen LogP) is 6.73. The van der Waals surface area contributed by atoms with Crippen molar-refractivity contribution in [1.82, 2.24) is 20.3 Å². The Balaban J connectivity index is 1.19. The molecular weight excluding hydrogens is 518 g/mol. The smallest absolute Gasteiger partial charge is 0.250 e. The molecule has 7 nitrogen and oxygen atoms in total. The Morgan fingerprint density at radius 1 is 1.03 bits per heavy atom. The molecule has 0 radical (unpaired) electrons. The molecule has 2 N–H and O–H groups in total. The van der Waals surface area contributed by atoms with E-state index in [0.717, 1.165) is 28.8 Å². The molecule has 0 saturated carbocycles. The molecule has 1 amide bonds. The number of halogens is 1. The van der Waals surface area contributed by atoms with Gasteiger partial charge in [-0.05, 0) is 91.3 Å². The quantitative estimate of drug-likeness (QED) is 0.183. The second kappa shape index (κ2) is 11.0. The summed E-state index contributed by atoms with van der Waals surface area (Å²) in [5, 5.41) is 15.6. The number of amides is 1. The lowest BCUT2D eigenvalue weighted by atomic mass is 10.1. The highest BCUT2D eigenvalue weighted by Gasteiger charge is 2.09. The molecule has 0 atom stereocenters. The van der Waals surface area contributed by atoms with Crippen molar-refractivity contribution in [3.63, 3.8) is 0 Å². The van der Waals surface area contributed by atoms with Crippen LogP contribution in [0.25, 0.3) is 34.1 Å². The molecule has 0 fully saturated rings. The van der Waals surface area contributed by atoms with E-state index in [-0.39, 0.29) is 11.0 Å². The van der Waals surface area contributed by atoms with E-state index in [1.54, 1.807) is 16.9 Å². The summed E-state index contributed by atoms with van der Waals surface area (Å²) < 4.78 is 5.81. The molecule has 190 valence electrons. The zero-order valence-corrected chi connectivity index (χ0v) is 22.3. The molecule has 2 aromatic heterocycles. The zero-order valence-electron chi connectivity index (χ0n) is 20.7. The molecule has 0 saturated heterocycles. The van der Waals surface area contributed by atoms with Gasteiger partial charge in [-0.1, -0.05) is 42.8 Å². The van der Waals surface area contributed by atoms with Crippen LogP contribution in [0.5, 0.6) is 0 Å². The van der Waals surface area contributed by atoms with Gasteiger partial charge in [-0.25, -0.2) is 0 Å². The van der Waals surface area contributed by atoms with E-state index >= 15 is 0 Å². The first-order valence-electron chi connectivity index (χ1n) is 12.0. The van der Waals surface area contributed by atoms with Crippen LogP contribution in [0.2, 0.25) is 5.02 Å². The number of hydrogen-bond acceptors (Lipinski definition) is 5. The molecule has 2 heterocycles. The standard InChI is InChI=1S/C29H24ClN5O2S/c1-3-19-5-9-22(10-6-19)35-33-25-13-8-21(17-26(25)34-35)31-29(38)32-28(36)15-12-23-11-14-27(37-23)20-7-4-18(2)24(30)16-20/h4-17H,3H2,1-2H3,(H2,31,32,36,38)/b15-12+. The molecule has 5 aromatic rings. The lowest BCUT2D eigenvalue weighted by Crippen LogP contribution is -2.32. The van der Waals surface area contributed by atoms with Crippen molar-refractivity contribution in [2.24, 2.45) is 0 Å². The Morgan fingerprint density at radius 3 is 2.58 bits per heavy atom. The summed E-state index contributed by atoms with van der Waals surface area (Å²) in [6.45, 7) is 4.06. The fraction of sp³-hybridized carbons (Fsp3) is 0.103. The first-order chi connectivity index (χ1) is 18.4. The van der Waals surface area contributed by atoms with Crippen LogP contribution in [-0.4, -0.2) is 26.0 Å². The van der Waals surface area contributed by atoms with Gasteiger partial charge in [0, 0.05) is 22.3 Å². The highest BCUT2D eigenvalue weighted by Crippen LogP contribution is 2.27. The Bertz CT molecular complexity index is 1670. The molecule has 0 aliphatic carbocycles.